The van der Waals surface area contributed by atoms with Crippen LogP contribution >= 0.6 is 12.4 Å². The van der Waals surface area contributed by atoms with Gasteiger partial charge >= 0.3 is 0 Å². The second-order valence-electron chi connectivity index (χ2n) is 22.3. The summed E-state index contributed by atoms with van der Waals surface area (Å²) in [6, 6.07) is 12.1. The Morgan fingerprint density at radius 1 is 0.471 bits per heavy atom. The summed E-state index contributed by atoms with van der Waals surface area (Å²) in [6.45, 7) is 2.61. The minimum absolute atomic E-state index is 0. The molecule has 3 spiro atoms. The first-order valence-corrected chi connectivity index (χ1v) is 25.1. The fourth-order valence-electron chi connectivity index (χ4n) is 17.1. The molecule has 16 heteroatoms. The van der Waals surface area contributed by atoms with Crippen LogP contribution in [0.25, 0.3) is 0 Å². The van der Waals surface area contributed by atoms with E-state index in [1.54, 1.807) is 21.3 Å². The molecule has 6 aliphatic carbocycles. The molecule has 3 saturated heterocycles. The number of ketones is 3. The third-order valence-electron chi connectivity index (χ3n) is 20.2. The zero-order valence-corrected chi connectivity index (χ0v) is 41.6. The lowest BCUT2D eigenvalue weighted by atomic mass is 9.49. The molecule has 15 nitrogen and oxygen atoms in total. The number of carbonyl (C=O) groups excluding carboxylic acids is 3. The number of carbonyl (C=O) groups is 3. The monoisotopic (exact) mass is 981 g/mol. The molecule has 70 heavy (non-hydrogen) atoms. The number of piperidine rings is 3. The van der Waals surface area contributed by atoms with Crippen LogP contribution in [0.2, 0.25) is 0 Å². The Morgan fingerprint density at radius 2 is 0.743 bits per heavy atom. The first-order valence-electron chi connectivity index (χ1n) is 25.1. The Hall–Kier alpha value is -4.48. The zero-order valence-electron chi connectivity index (χ0n) is 40.8. The minimum atomic E-state index is -0.900. The van der Waals surface area contributed by atoms with Crippen molar-refractivity contribution >= 4 is 29.8 Å². The van der Waals surface area contributed by atoms with Crippen molar-refractivity contribution in [1.29, 1.82) is 0 Å². The molecule has 12 atom stereocenters. The molecule has 6 fully saturated rings. The van der Waals surface area contributed by atoms with Crippen molar-refractivity contribution in [1.82, 2.24) is 14.7 Å². The number of hydrogen-bond donors (Lipinski definition) is 3. The van der Waals surface area contributed by atoms with Gasteiger partial charge in [-0.25, -0.2) is 0 Å². The van der Waals surface area contributed by atoms with Crippen LogP contribution in [0.3, 0.4) is 0 Å². The molecule has 374 valence electrons. The van der Waals surface area contributed by atoms with Crippen molar-refractivity contribution in [2.75, 3.05) is 62.1 Å². The van der Waals surface area contributed by atoms with E-state index in [4.69, 9.17) is 28.4 Å². The van der Waals surface area contributed by atoms with Crippen molar-refractivity contribution in [3.8, 4) is 34.5 Å². The number of aliphatic hydroxyl groups is 3. The van der Waals surface area contributed by atoms with Crippen LogP contribution in [-0.4, -0.2) is 163 Å². The highest BCUT2D eigenvalue weighted by atomic mass is 35.5. The second-order valence-corrected chi connectivity index (χ2v) is 22.3. The Balaban J connectivity index is 0.000000107. The Morgan fingerprint density at radius 3 is 1.00 bits per heavy atom. The lowest BCUT2D eigenvalue weighted by Gasteiger charge is -2.62. The molecule has 3 aromatic rings. The first-order chi connectivity index (χ1) is 33.1. The summed E-state index contributed by atoms with van der Waals surface area (Å²) in [7, 11) is 11.1. The van der Waals surface area contributed by atoms with Gasteiger partial charge < -0.3 is 58.4 Å². The van der Waals surface area contributed by atoms with E-state index in [2.05, 4.69) is 54.0 Å². The molecule has 3 saturated carbocycles. The lowest BCUT2D eigenvalue weighted by molar-refractivity contribution is -0.185. The van der Waals surface area contributed by atoms with Crippen molar-refractivity contribution in [2.24, 2.45) is 0 Å². The fraction of sp³-hybridized carbons (Fsp3) is 0.611. The van der Waals surface area contributed by atoms with E-state index in [0.29, 0.717) is 73.0 Å². The average Bonchev–Trinajstić information content (AvgIpc) is 4.02. The quantitative estimate of drug-likeness (QED) is 0.347. The van der Waals surface area contributed by atoms with Crippen LogP contribution < -0.4 is 28.4 Å². The summed E-state index contributed by atoms with van der Waals surface area (Å²) in [5.41, 5.74) is 2.21. The van der Waals surface area contributed by atoms with Crippen molar-refractivity contribution < 1.29 is 58.1 Å². The molecule has 0 aromatic heterocycles. The smallest absolute Gasteiger partial charge is 0.174 e. The normalized spacial score (nSPS) is 40.0. The van der Waals surface area contributed by atoms with E-state index < -0.39 is 51.4 Å². The molecule has 0 radical (unpaired) electrons. The molecule has 3 N–H and O–H groups in total. The Labute approximate surface area is 414 Å². The Kier molecular flexibility index (Phi) is 10.2. The van der Waals surface area contributed by atoms with Gasteiger partial charge in [-0.3, -0.25) is 14.4 Å². The van der Waals surface area contributed by atoms with Gasteiger partial charge in [0.25, 0.3) is 0 Å². The van der Waals surface area contributed by atoms with Gasteiger partial charge in [0.1, 0.15) is 0 Å². The van der Waals surface area contributed by atoms with E-state index in [1.165, 1.54) is 16.7 Å². The summed E-state index contributed by atoms with van der Waals surface area (Å²) in [6.07, 6.45) is 5.68. The number of ether oxygens (including phenoxy) is 6. The number of nitrogens with zero attached hydrogens (tertiary/aromatic N) is 3. The highest BCUT2D eigenvalue weighted by molar-refractivity contribution is 5.92. The minimum Gasteiger partial charge on any atom is -0.493 e. The standard InChI is InChI=1S/3C18H21NO4.ClH/c3*1-19-8-7-17-14-10-3-4-12(22-2)15(14)23-16(17)11(20)5-6-18(17,21)13(19)9-10;/h3*3-4,13,16,21H,5-9H2,1-2H3;1H/t3*13-,16+,17+,18-;/m111./s1. The van der Waals surface area contributed by atoms with Crippen LogP contribution in [0.5, 0.6) is 34.5 Å². The number of likely N-dealkylation sites (N-methyl/N-ethyl adjacent to an activating group) is 3. The number of methoxy groups -OCH3 is 3. The SMILES string of the molecule is COc1ccc2c3c1O[C@H]1C(=O)CC[C@@]4(O)[C@@H](C2)N(C)CC[C@]314.COc1ccc2c3c1O[C@H]1C(=O)CC[C@@]4(O)[C@@H](C2)N(C)CC[C@]314.COc1ccc2c3c1O[C@H]1C(=O)CC[C@@]4(O)[C@@H](C2)N(C)CC[C@]314.Cl. The molecule has 6 heterocycles. The van der Waals surface area contributed by atoms with Gasteiger partial charge in [-0.05, 0) is 133 Å². The number of benzene rings is 3. The van der Waals surface area contributed by atoms with Gasteiger partial charge in [0, 0.05) is 54.1 Å². The number of rotatable bonds is 3. The maximum absolute atomic E-state index is 12.7. The maximum atomic E-state index is 12.7. The maximum Gasteiger partial charge on any atom is 0.174 e. The number of likely N-dealkylation sites (tertiary alicyclic amines) is 3. The fourth-order valence-corrected chi connectivity index (χ4v) is 17.1. The summed E-state index contributed by atoms with van der Waals surface area (Å²) in [4.78, 5) is 44.7. The van der Waals surface area contributed by atoms with Crippen LogP contribution in [0.1, 0.15) is 91.2 Å². The van der Waals surface area contributed by atoms with Gasteiger partial charge in [0.15, 0.2) is 70.2 Å². The summed E-state index contributed by atoms with van der Waals surface area (Å²) < 4.78 is 34.9. The van der Waals surface area contributed by atoms with E-state index >= 15 is 0 Å². The molecule has 6 bridgehead atoms. The van der Waals surface area contributed by atoms with Crippen LogP contribution in [-0.2, 0) is 49.9 Å². The molecular weight excluding hydrogens is 918 g/mol. The third-order valence-corrected chi connectivity index (χ3v) is 20.2. The number of hydrogen-bond acceptors (Lipinski definition) is 15. The van der Waals surface area contributed by atoms with E-state index in [0.717, 1.165) is 74.8 Å². The van der Waals surface area contributed by atoms with Crippen molar-refractivity contribution in [3.05, 3.63) is 69.8 Å². The molecule has 12 aliphatic rings. The predicted molar refractivity (Wildman–Crippen MR) is 256 cm³/mol. The van der Waals surface area contributed by atoms with Gasteiger partial charge in [0.2, 0.25) is 0 Å². The highest BCUT2D eigenvalue weighted by Crippen LogP contribution is 2.68. The topological polar surface area (TPSA) is 177 Å². The molecule has 0 amide bonds. The van der Waals surface area contributed by atoms with Crippen molar-refractivity contribution in [2.45, 2.75) is 147 Å². The van der Waals surface area contributed by atoms with E-state index in [9.17, 15) is 29.7 Å². The van der Waals surface area contributed by atoms with Gasteiger partial charge in [-0.2, -0.15) is 0 Å². The van der Waals surface area contributed by atoms with Crippen LogP contribution in [0, 0.1) is 0 Å². The largest absolute Gasteiger partial charge is 0.493 e. The number of Topliss-reactive ketones (excluding diaryl/α,β-unsaturated/α-hetero) is 3. The first kappa shape index (κ1) is 46.6. The van der Waals surface area contributed by atoms with Gasteiger partial charge in [-0.15, -0.1) is 12.4 Å². The predicted octanol–water partition coefficient (Wildman–Crippen LogP) is 3.57. The van der Waals surface area contributed by atoms with Gasteiger partial charge in [0.05, 0.1) is 54.4 Å². The van der Waals surface area contributed by atoms with E-state index in [1.807, 2.05) is 18.2 Å². The lowest BCUT2D eigenvalue weighted by Crippen LogP contribution is -2.76. The van der Waals surface area contributed by atoms with Crippen LogP contribution in [0.4, 0.5) is 0 Å². The van der Waals surface area contributed by atoms with Gasteiger partial charge in [-0.1, -0.05) is 18.2 Å². The Bertz CT molecular complexity index is 2500. The summed E-state index contributed by atoms with van der Waals surface area (Å²) in [5.74, 6) is 4.41. The molecule has 6 aliphatic heterocycles. The molecule has 3 aromatic carbocycles. The summed E-state index contributed by atoms with van der Waals surface area (Å²) in [5, 5.41) is 35.2. The highest BCUT2D eigenvalue weighted by Gasteiger charge is 2.76. The average molecular weight is 983 g/mol. The second kappa shape index (κ2) is 15.3. The molecule has 0 unspecified atom stereocenters. The zero-order chi connectivity index (χ0) is 47.9. The molecular formula is C54H64ClN3O12. The van der Waals surface area contributed by atoms with Crippen molar-refractivity contribution in [3.63, 3.8) is 0 Å². The third kappa shape index (κ3) is 5.25. The molecule has 15 rings (SSSR count). The summed E-state index contributed by atoms with van der Waals surface area (Å²) >= 11 is 0. The number of halogens is 1. The van der Waals surface area contributed by atoms with E-state index in [-0.39, 0.29) is 47.9 Å². The van der Waals surface area contributed by atoms with Crippen LogP contribution in [0.15, 0.2) is 36.4 Å².